The van der Waals surface area contributed by atoms with Gasteiger partial charge in [-0.1, -0.05) is 28.9 Å². The largest absolute Gasteiger partial charge is 0.484 e. The molecule has 0 saturated heterocycles. The molecule has 0 fully saturated rings. The third-order valence-corrected chi connectivity index (χ3v) is 3.35. The second kappa shape index (κ2) is 7.14. The molecule has 1 heterocycles. The number of rotatable bonds is 5. The van der Waals surface area contributed by atoms with Crippen molar-refractivity contribution in [1.29, 1.82) is 0 Å². The number of aromatic nitrogens is 1. The molecule has 1 amide bonds. The van der Waals surface area contributed by atoms with Crippen molar-refractivity contribution in [3.63, 3.8) is 0 Å². The zero-order valence-corrected chi connectivity index (χ0v) is 13.1. The van der Waals surface area contributed by atoms with Crippen LogP contribution in [0.3, 0.4) is 0 Å². The van der Waals surface area contributed by atoms with Crippen LogP contribution in [0.15, 0.2) is 59.1 Å². The topological polar surface area (TPSA) is 64.4 Å². The Hall–Kier alpha value is -2.86. The van der Waals surface area contributed by atoms with Crippen molar-refractivity contribution in [3.05, 3.63) is 65.4 Å². The van der Waals surface area contributed by atoms with Crippen molar-refractivity contribution in [1.82, 2.24) is 5.16 Å². The summed E-state index contributed by atoms with van der Waals surface area (Å²) in [5.41, 5.74) is 1.38. The Morgan fingerprint density at radius 3 is 2.58 bits per heavy atom. The molecule has 1 aromatic heterocycles. The van der Waals surface area contributed by atoms with Gasteiger partial charge in [-0.2, -0.15) is 0 Å². The number of nitrogens with one attached hydrogen (secondary N) is 1. The Morgan fingerprint density at radius 1 is 1.17 bits per heavy atom. The van der Waals surface area contributed by atoms with Crippen molar-refractivity contribution >= 4 is 23.4 Å². The zero-order valence-electron chi connectivity index (χ0n) is 12.3. The average Bonchev–Trinajstić information content (AvgIpc) is 3.03. The van der Waals surface area contributed by atoms with E-state index in [1.54, 1.807) is 30.3 Å². The Labute approximate surface area is 142 Å². The van der Waals surface area contributed by atoms with Crippen molar-refractivity contribution in [3.8, 4) is 17.0 Å². The molecular weight excluding hydrogens is 335 g/mol. The van der Waals surface area contributed by atoms with Gasteiger partial charge in [0.05, 0.1) is 0 Å². The fraction of sp³-hybridized carbons (Fsp3) is 0.0588. The zero-order chi connectivity index (χ0) is 16.9. The lowest BCUT2D eigenvalue weighted by Gasteiger charge is -2.05. The van der Waals surface area contributed by atoms with Gasteiger partial charge in [0, 0.05) is 16.7 Å². The number of carbonyl (C=O) groups excluding carboxylic acids is 1. The summed E-state index contributed by atoms with van der Waals surface area (Å²) in [4.78, 5) is 11.8. The molecular formula is C17H12ClFN2O3. The number of amides is 1. The second-order valence-electron chi connectivity index (χ2n) is 4.87. The molecule has 0 bridgehead atoms. The van der Waals surface area contributed by atoms with Gasteiger partial charge in [0.15, 0.2) is 6.61 Å². The van der Waals surface area contributed by atoms with Gasteiger partial charge in [0.25, 0.3) is 5.91 Å². The van der Waals surface area contributed by atoms with E-state index in [-0.39, 0.29) is 18.3 Å². The molecule has 3 aromatic rings. The first kappa shape index (κ1) is 16.0. The highest BCUT2D eigenvalue weighted by atomic mass is 35.5. The van der Waals surface area contributed by atoms with E-state index in [4.69, 9.17) is 20.9 Å². The van der Waals surface area contributed by atoms with Crippen LogP contribution in [0.1, 0.15) is 0 Å². The first-order chi connectivity index (χ1) is 11.6. The Morgan fingerprint density at radius 2 is 1.88 bits per heavy atom. The fourth-order valence-corrected chi connectivity index (χ4v) is 2.07. The van der Waals surface area contributed by atoms with Gasteiger partial charge in [0.1, 0.15) is 17.3 Å². The maximum Gasteiger partial charge on any atom is 0.264 e. The van der Waals surface area contributed by atoms with Gasteiger partial charge in [-0.15, -0.1) is 0 Å². The van der Waals surface area contributed by atoms with Gasteiger partial charge >= 0.3 is 0 Å². The van der Waals surface area contributed by atoms with Crippen LogP contribution >= 0.6 is 11.6 Å². The summed E-state index contributed by atoms with van der Waals surface area (Å²) in [5, 5.41) is 7.03. The van der Waals surface area contributed by atoms with E-state index in [0.717, 1.165) is 5.56 Å². The molecule has 0 saturated carbocycles. The summed E-state index contributed by atoms with van der Waals surface area (Å²) in [6.45, 7) is -0.234. The lowest BCUT2D eigenvalue weighted by Crippen LogP contribution is -2.19. The first-order valence-corrected chi connectivity index (χ1v) is 7.39. The maximum absolute atomic E-state index is 12.8. The van der Waals surface area contributed by atoms with Gasteiger partial charge in [-0.05, 0) is 36.4 Å². The SMILES string of the molecule is O=C(COc1ccc(F)cc1)Nc1cc(-c2ccc(Cl)cc2)no1. The van der Waals surface area contributed by atoms with Crippen LogP contribution in [0.2, 0.25) is 5.02 Å². The van der Waals surface area contributed by atoms with Crippen LogP contribution in [0.25, 0.3) is 11.3 Å². The Balaban J connectivity index is 1.57. The standard InChI is InChI=1S/C17H12ClFN2O3/c18-12-3-1-11(2-4-12)15-9-17(24-21-15)20-16(22)10-23-14-7-5-13(19)6-8-14/h1-9H,10H2,(H,20,22). The van der Waals surface area contributed by atoms with E-state index >= 15 is 0 Å². The summed E-state index contributed by atoms with van der Waals surface area (Å²) in [7, 11) is 0. The third-order valence-electron chi connectivity index (χ3n) is 3.10. The molecule has 0 unspecified atom stereocenters. The van der Waals surface area contributed by atoms with Crippen LogP contribution < -0.4 is 10.1 Å². The first-order valence-electron chi connectivity index (χ1n) is 7.01. The molecule has 1 N–H and O–H groups in total. The Kier molecular flexibility index (Phi) is 4.77. The molecule has 0 aliphatic rings. The number of hydrogen-bond acceptors (Lipinski definition) is 4. The summed E-state index contributed by atoms with van der Waals surface area (Å²) in [6, 6.07) is 14.0. The van der Waals surface area contributed by atoms with E-state index in [0.29, 0.717) is 16.5 Å². The summed E-state index contributed by atoms with van der Waals surface area (Å²) < 4.78 is 23.1. The van der Waals surface area contributed by atoms with Gasteiger partial charge in [0.2, 0.25) is 5.88 Å². The van der Waals surface area contributed by atoms with Crippen molar-refractivity contribution in [2.24, 2.45) is 0 Å². The third kappa shape index (κ3) is 4.11. The van der Waals surface area contributed by atoms with Gasteiger partial charge in [-0.3, -0.25) is 10.1 Å². The molecule has 5 nitrogen and oxygen atoms in total. The minimum absolute atomic E-state index is 0.202. The Bertz CT molecular complexity index is 832. The lowest BCUT2D eigenvalue weighted by atomic mass is 10.1. The van der Waals surface area contributed by atoms with Crippen molar-refractivity contribution in [2.45, 2.75) is 0 Å². The molecule has 0 aliphatic heterocycles. The minimum Gasteiger partial charge on any atom is -0.484 e. The molecule has 0 spiro atoms. The van der Waals surface area contributed by atoms with Crippen LogP contribution in [-0.4, -0.2) is 17.7 Å². The lowest BCUT2D eigenvalue weighted by molar-refractivity contribution is -0.118. The maximum atomic E-state index is 12.8. The number of halogens is 2. The predicted molar refractivity (Wildman–Crippen MR) is 87.5 cm³/mol. The van der Waals surface area contributed by atoms with Crippen LogP contribution in [0.4, 0.5) is 10.3 Å². The van der Waals surface area contributed by atoms with E-state index in [1.807, 2.05) is 0 Å². The molecule has 0 radical (unpaired) electrons. The molecule has 122 valence electrons. The molecule has 2 aromatic carbocycles. The van der Waals surface area contributed by atoms with Crippen LogP contribution in [0, 0.1) is 5.82 Å². The van der Waals surface area contributed by atoms with E-state index in [1.165, 1.54) is 24.3 Å². The quantitative estimate of drug-likeness (QED) is 0.753. The predicted octanol–water partition coefficient (Wildman–Crippen LogP) is 4.15. The molecule has 0 atom stereocenters. The van der Waals surface area contributed by atoms with Crippen LogP contribution in [0.5, 0.6) is 5.75 Å². The number of ether oxygens (including phenoxy) is 1. The minimum atomic E-state index is -0.418. The summed E-state index contributed by atoms with van der Waals surface area (Å²) in [6.07, 6.45) is 0. The highest BCUT2D eigenvalue weighted by Gasteiger charge is 2.10. The van der Waals surface area contributed by atoms with Crippen molar-refractivity contribution < 1.29 is 18.4 Å². The van der Waals surface area contributed by atoms with Crippen molar-refractivity contribution in [2.75, 3.05) is 11.9 Å². The number of carbonyl (C=O) groups is 1. The normalized spacial score (nSPS) is 10.4. The molecule has 7 heteroatoms. The summed E-state index contributed by atoms with van der Waals surface area (Å²) in [5.74, 6) is -0.194. The highest BCUT2D eigenvalue weighted by molar-refractivity contribution is 6.30. The van der Waals surface area contributed by atoms with Gasteiger partial charge in [-0.25, -0.2) is 4.39 Å². The van der Waals surface area contributed by atoms with E-state index in [9.17, 15) is 9.18 Å². The number of nitrogens with zero attached hydrogens (tertiary/aromatic N) is 1. The molecule has 0 aliphatic carbocycles. The van der Waals surface area contributed by atoms with E-state index in [2.05, 4.69) is 10.5 Å². The fourth-order valence-electron chi connectivity index (χ4n) is 1.94. The van der Waals surface area contributed by atoms with Gasteiger partial charge < -0.3 is 9.26 Å². The highest BCUT2D eigenvalue weighted by Crippen LogP contribution is 2.23. The number of hydrogen-bond donors (Lipinski definition) is 1. The molecule has 3 rings (SSSR count). The monoisotopic (exact) mass is 346 g/mol. The smallest absolute Gasteiger partial charge is 0.264 e. The number of benzene rings is 2. The van der Waals surface area contributed by atoms with Crippen LogP contribution in [-0.2, 0) is 4.79 Å². The van der Waals surface area contributed by atoms with E-state index < -0.39 is 5.91 Å². The molecule has 24 heavy (non-hydrogen) atoms. The number of anilines is 1. The average molecular weight is 347 g/mol. The summed E-state index contributed by atoms with van der Waals surface area (Å²) >= 11 is 5.83. The second-order valence-corrected chi connectivity index (χ2v) is 5.31.